The molecule has 4 rings (SSSR count). The highest BCUT2D eigenvalue weighted by Gasteiger charge is 2.25. The molecule has 2 heterocycles. The van der Waals surface area contributed by atoms with Crippen molar-refractivity contribution in [2.24, 2.45) is 0 Å². The van der Waals surface area contributed by atoms with Gasteiger partial charge in [0.05, 0.1) is 12.8 Å². The number of hydrogen-bond acceptors (Lipinski definition) is 5. The van der Waals surface area contributed by atoms with Crippen LogP contribution >= 0.6 is 0 Å². The summed E-state index contributed by atoms with van der Waals surface area (Å²) >= 11 is 0. The van der Waals surface area contributed by atoms with Crippen molar-refractivity contribution in [1.29, 1.82) is 0 Å². The average Bonchev–Trinajstić information content (AvgIpc) is 3.22. The van der Waals surface area contributed by atoms with Gasteiger partial charge in [-0.3, -0.25) is 9.59 Å². The summed E-state index contributed by atoms with van der Waals surface area (Å²) in [5.74, 6) is -1.74. The van der Waals surface area contributed by atoms with Gasteiger partial charge in [-0.2, -0.15) is 9.78 Å². The number of esters is 1. The van der Waals surface area contributed by atoms with E-state index in [1.165, 1.54) is 43.5 Å². The van der Waals surface area contributed by atoms with Crippen LogP contribution < -0.4 is 10.9 Å². The Morgan fingerprint density at radius 2 is 1.88 bits per heavy atom. The third-order valence-corrected chi connectivity index (χ3v) is 4.99. The molecule has 2 aromatic carbocycles. The first-order chi connectivity index (χ1) is 15.5. The minimum atomic E-state index is -0.972. The lowest BCUT2D eigenvalue weighted by Gasteiger charge is -2.16. The standard InChI is InChI=1S/C23H19FN4O4/c1-32-23(31)20(12-14-13-25-18-5-3-2-4-17(14)18)26-22(30)19-10-11-21(29)28(27-19)16-8-6-15(24)7-9-16/h2-11,13,20,25H,12H2,1H3,(H,26,30)/t20-/m1/s1. The second-order valence-electron chi connectivity index (χ2n) is 7.06. The highest BCUT2D eigenvalue weighted by molar-refractivity contribution is 5.95. The number of hydrogen-bond donors (Lipinski definition) is 2. The molecule has 0 bridgehead atoms. The van der Waals surface area contributed by atoms with Crippen LogP contribution in [0.4, 0.5) is 4.39 Å². The van der Waals surface area contributed by atoms with E-state index in [0.717, 1.165) is 21.1 Å². The van der Waals surface area contributed by atoms with E-state index in [2.05, 4.69) is 15.4 Å². The molecule has 0 saturated heterocycles. The molecule has 0 unspecified atom stereocenters. The first-order valence-electron chi connectivity index (χ1n) is 9.76. The molecule has 32 heavy (non-hydrogen) atoms. The Morgan fingerprint density at radius 1 is 1.12 bits per heavy atom. The number of amides is 1. The molecule has 0 aliphatic rings. The molecule has 0 aliphatic heterocycles. The molecule has 1 amide bonds. The number of rotatable bonds is 6. The van der Waals surface area contributed by atoms with E-state index < -0.39 is 29.3 Å². The van der Waals surface area contributed by atoms with Crippen LogP contribution in [0.15, 0.2) is 71.7 Å². The zero-order chi connectivity index (χ0) is 22.7. The van der Waals surface area contributed by atoms with Crippen LogP contribution in [0.3, 0.4) is 0 Å². The maximum absolute atomic E-state index is 13.2. The number of carbonyl (C=O) groups is 2. The third kappa shape index (κ3) is 4.27. The Hall–Kier alpha value is -4.27. The van der Waals surface area contributed by atoms with Gasteiger partial charge in [-0.25, -0.2) is 9.18 Å². The molecule has 162 valence electrons. The van der Waals surface area contributed by atoms with Crippen molar-refractivity contribution < 1.29 is 18.7 Å². The quantitative estimate of drug-likeness (QED) is 0.453. The number of aromatic amines is 1. The second kappa shape index (κ2) is 8.84. The maximum atomic E-state index is 13.2. The van der Waals surface area contributed by atoms with Crippen LogP contribution in [0.1, 0.15) is 16.1 Å². The van der Waals surface area contributed by atoms with E-state index in [9.17, 15) is 18.8 Å². The first kappa shape index (κ1) is 21.0. The number of H-pyrrole nitrogens is 1. The fourth-order valence-corrected chi connectivity index (χ4v) is 3.39. The summed E-state index contributed by atoms with van der Waals surface area (Å²) in [7, 11) is 1.24. The number of methoxy groups -OCH3 is 1. The number of halogens is 1. The van der Waals surface area contributed by atoms with E-state index in [4.69, 9.17) is 4.74 Å². The smallest absolute Gasteiger partial charge is 0.328 e. The monoisotopic (exact) mass is 434 g/mol. The number of fused-ring (bicyclic) bond motifs is 1. The summed E-state index contributed by atoms with van der Waals surface area (Å²) in [5, 5.41) is 7.63. The van der Waals surface area contributed by atoms with E-state index >= 15 is 0 Å². The average molecular weight is 434 g/mol. The normalized spacial score (nSPS) is 11.8. The van der Waals surface area contributed by atoms with Crippen molar-refractivity contribution >= 4 is 22.8 Å². The number of nitrogens with zero attached hydrogens (tertiary/aromatic N) is 2. The van der Waals surface area contributed by atoms with Crippen LogP contribution in [0.2, 0.25) is 0 Å². The summed E-state index contributed by atoms with van der Waals surface area (Å²) in [6.07, 6.45) is 1.97. The number of aromatic nitrogens is 3. The zero-order valence-corrected chi connectivity index (χ0v) is 17.0. The topological polar surface area (TPSA) is 106 Å². The predicted molar refractivity (Wildman–Crippen MR) is 115 cm³/mol. The molecule has 2 aromatic heterocycles. The number of nitrogens with one attached hydrogen (secondary N) is 2. The van der Waals surface area contributed by atoms with Gasteiger partial charge in [0.15, 0.2) is 0 Å². The Labute approximate surface area is 181 Å². The summed E-state index contributed by atoms with van der Waals surface area (Å²) in [6.45, 7) is 0. The number of benzene rings is 2. The summed E-state index contributed by atoms with van der Waals surface area (Å²) in [4.78, 5) is 40.5. The van der Waals surface area contributed by atoms with Crippen molar-refractivity contribution in [3.05, 3.63) is 94.3 Å². The van der Waals surface area contributed by atoms with Crippen molar-refractivity contribution in [2.75, 3.05) is 7.11 Å². The van der Waals surface area contributed by atoms with E-state index in [0.29, 0.717) is 5.69 Å². The molecule has 0 spiro atoms. The lowest BCUT2D eigenvalue weighted by Crippen LogP contribution is -2.43. The van der Waals surface area contributed by atoms with E-state index in [1.54, 1.807) is 6.20 Å². The predicted octanol–water partition coefficient (Wildman–Crippen LogP) is 2.37. The molecular weight excluding hydrogens is 415 g/mol. The molecule has 0 fully saturated rings. The van der Waals surface area contributed by atoms with Gasteiger partial charge < -0.3 is 15.0 Å². The van der Waals surface area contributed by atoms with Gasteiger partial charge in [0, 0.05) is 29.6 Å². The SMILES string of the molecule is COC(=O)[C@@H](Cc1c[nH]c2ccccc12)NC(=O)c1ccc(=O)n(-c2ccc(F)cc2)n1. The van der Waals surface area contributed by atoms with Gasteiger partial charge in [0.1, 0.15) is 17.6 Å². The molecule has 2 N–H and O–H groups in total. The third-order valence-electron chi connectivity index (χ3n) is 4.99. The minimum absolute atomic E-state index is 0.0817. The lowest BCUT2D eigenvalue weighted by atomic mass is 10.0. The molecular formula is C23H19FN4O4. The largest absolute Gasteiger partial charge is 0.467 e. The highest BCUT2D eigenvalue weighted by Crippen LogP contribution is 2.19. The Balaban J connectivity index is 1.60. The fraction of sp³-hybridized carbons (Fsp3) is 0.130. The van der Waals surface area contributed by atoms with E-state index in [1.807, 2.05) is 24.3 Å². The maximum Gasteiger partial charge on any atom is 0.328 e. The Morgan fingerprint density at radius 3 is 2.62 bits per heavy atom. The van der Waals surface area contributed by atoms with Gasteiger partial charge in [-0.05, 0) is 42.0 Å². The van der Waals surface area contributed by atoms with Gasteiger partial charge in [0.2, 0.25) is 0 Å². The van der Waals surface area contributed by atoms with Crippen LogP contribution in [0, 0.1) is 5.82 Å². The first-order valence-corrected chi connectivity index (χ1v) is 9.76. The Kier molecular flexibility index (Phi) is 5.80. The minimum Gasteiger partial charge on any atom is -0.467 e. The van der Waals surface area contributed by atoms with Gasteiger partial charge >= 0.3 is 5.97 Å². The molecule has 8 nitrogen and oxygen atoms in total. The molecule has 1 atom stereocenters. The van der Waals surface area contributed by atoms with Crippen LogP contribution in [0.25, 0.3) is 16.6 Å². The molecule has 0 aliphatic carbocycles. The van der Waals surface area contributed by atoms with Crippen molar-refractivity contribution in [3.63, 3.8) is 0 Å². The summed E-state index contributed by atoms with van der Waals surface area (Å²) < 4.78 is 19.0. The lowest BCUT2D eigenvalue weighted by molar-refractivity contribution is -0.142. The van der Waals surface area contributed by atoms with Crippen LogP contribution in [-0.4, -0.2) is 39.8 Å². The van der Waals surface area contributed by atoms with Crippen molar-refractivity contribution in [1.82, 2.24) is 20.1 Å². The van der Waals surface area contributed by atoms with Crippen LogP contribution in [0.5, 0.6) is 0 Å². The Bertz CT molecular complexity index is 1340. The molecule has 0 radical (unpaired) electrons. The number of ether oxygens (including phenoxy) is 1. The fourth-order valence-electron chi connectivity index (χ4n) is 3.39. The van der Waals surface area contributed by atoms with Crippen molar-refractivity contribution in [3.8, 4) is 5.69 Å². The van der Waals surface area contributed by atoms with Crippen LogP contribution in [-0.2, 0) is 16.0 Å². The second-order valence-corrected chi connectivity index (χ2v) is 7.06. The van der Waals surface area contributed by atoms with Gasteiger partial charge in [-0.1, -0.05) is 18.2 Å². The molecule has 0 saturated carbocycles. The van der Waals surface area contributed by atoms with Crippen molar-refractivity contribution in [2.45, 2.75) is 12.5 Å². The summed E-state index contributed by atoms with van der Waals surface area (Å²) in [5.41, 5.74) is 1.47. The molecule has 4 aromatic rings. The number of carbonyl (C=O) groups excluding carboxylic acids is 2. The van der Waals surface area contributed by atoms with Gasteiger partial charge in [-0.15, -0.1) is 0 Å². The number of para-hydroxylation sites is 1. The van der Waals surface area contributed by atoms with E-state index in [-0.39, 0.29) is 12.1 Å². The molecule has 9 heteroatoms. The zero-order valence-electron chi connectivity index (χ0n) is 17.0. The van der Waals surface area contributed by atoms with Gasteiger partial charge in [0.25, 0.3) is 11.5 Å². The highest BCUT2D eigenvalue weighted by atomic mass is 19.1. The summed E-state index contributed by atoms with van der Waals surface area (Å²) in [6, 6.07) is 14.2.